The van der Waals surface area contributed by atoms with Gasteiger partial charge in [-0.05, 0) is 39.4 Å². The molecule has 3 aliphatic heterocycles. The van der Waals surface area contributed by atoms with Crippen molar-refractivity contribution in [1.82, 2.24) is 14.8 Å². The van der Waals surface area contributed by atoms with Gasteiger partial charge in [0.05, 0.1) is 44.0 Å². The van der Waals surface area contributed by atoms with Crippen molar-refractivity contribution in [1.29, 1.82) is 0 Å². The van der Waals surface area contributed by atoms with Crippen molar-refractivity contribution < 1.29 is 43.0 Å². The lowest BCUT2D eigenvalue weighted by atomic mass is 9.69. The van der Waals surface area contributed by atoms with Gasteiger partial charge in [-0.15, -0.1) is 0 Å². The minimum absolute atomic E-state index is 0.0206. The van der Waals surface area contributed by atoms with Gasteiger partial charge >= 0.3 is 5.97 Å². The van der Waals surface area contributed by atoms with Crippen molar-refractivity contribution >= 4 is 35.0 Å². The molecule has 1 saturated heterocycles. The van der Waals surface area contributed by atoms with E-state index in [-0.39, 0.29) is 69.1 Å². The molecule has 222 valence electrons. The summed E-state index contributed by atoms with van der Waals surface area (Å²) in [7, 11) is 4.31. The minimum Gasteiger partial charge on any atom is -0.492 e. The Balaban J connectivity index is 1.49. The normalized spacial score (nSPS) is 27.4. The number of hydrogen-bond acceptors (Lipinski definition) is 11. The molecular weight excluding hydrogens is 558 g/mol. The van der Waals surface area contributed by atoms with Crippen LogP contribution in [0.15, 0.2) is 69.5 Å². The number of fused-ring (bicyclic) bond motifs is 5. The summed E-state index contributed by atoms with van der Waals surface area (Å²) in [6, 6.07) is -0.516. The molecule has 0 unspecified atom stereocenters. The van der Waals surface area contributed by atoms with E-state index in [1.54, 1.807) is 18.0 Å². The molecule has 0 radical (unpaired) electrons. The van der Waals surface area contributed by atoms with Crippen LogP contribution >= 0.6 is 0 Å². The predicted molar refractivity (Wildman–Crippen MR) is 147 cm³/mol. The number of aromatic nitrogens is 1. The predicted octanol–water partition coefficient (Wildman–Crippen LogP) is 1.03. The number of amides is 1. The number of esters is 1. The quantitative estimate of drug-likeness (QED) is 0.359. The Kier molecular flexibility index (Phi) is 6.76. The van der Waals surface area contributed by atoms with Crippen LogP contribution in [0.5, 0.6) is 0 Å². The van der Waals surface area contributed by atoms with Crippen LogP contribution in [-0.4, -0.2) is 102 Å². The Morgan fingerprint density at radius 1 is 0.907 bits per heavy atom. The van der Waals surface area contributed by atoms with E-state index in [9.17, 15) is 28.8 Å². The maximum Gasteiger partial charge on any atom is 0.339 e. The van der Waals surface area contributed by atoms with E-state index in [1.807, 2.05) is 0 Å². The van der Waals surface area contributed by atoms with E-state index >= 15 is 0 Å². The molecule has 12 heteroatoms. The van der Waals surface area contributed by atoms with Gasteiger partial charge in [-0.2, -0.15) is 0 Å². The van der Waals surface area contributed by atoms with Gasteiger partial charge in [0.2, 0.25) is 17.5 Å². The first kappa shape index (κ1) is 28.4. The number of carbonyl (C=O) groups excluding carboxylic acids is 6. The molecule has 4 heterocycles. The topological polar surface area (TPSA) is 149 Å². The van der Waals surface area contributed by atoms with Gasteiger partial charge in [-0.3, -0.25) is 33.9 Å². The van der Waals surface area contributed by atoms with Crippen LogP contribution in [0, 0.1) is 0 Å². The first-order valence-corrected chi connectivity index (χ1v) is 13.8. The lowest BCUT2D eigenvalue weighted by molar-refractivity contribution is -0.155. The molecule has 0 N–H and O–H groups in total. The van der Waals surface area contributed by atoms with Gasteiger partial charge in [0.25, 0.3) is 0 Å². The first-order chi connectivity index (χ1) is 20.5. The van der Waals surface area contributed by atoms with Crippen LogP contribution in [0.2, 0.25) is 0 Å². The number of carbonyl (C=O) groups is 6. The van der Waals surface area contributed by atoms with Crippen LogP contribution in [0.4, 0.5) is 0 Å². The second kappa shape index (κ2) is 10.2. The molecule has 1 amide bonds. The molecule has 0 aromatic carbocycles. The average Bonchev–Trinajstić information content (AvgIpc) is 3.00. The molecular formula is C31H29N3O9. The first-order valence-electron chi connectivity index (χ1n) is 13.8. The Morgan fingerprint density at radius 2 is 1.51 bits per heavy atom. The number of nitrogens with zero attached hydrogens (tertiary/aromatic N) is 3. The second-order valence-electron chi connectivity index (χ2n) is 11.1. The lowest BCUT2D eigenvalue weighted by Gasteiger charge is -2.57. The summed E-state index contributed by atoms with van der Waals surface area (Å²) in [5.41, 5.74) is 1.11. The molecule has 12 nitrogen and oxygen atoms in total. The number of likely N-dealkylation sites (N-methyl/N-ethyl adjacent to an activating group) is 1. The molecule has 0 spiro atoms. The summed E-state index contributed by atoms with van der Waals surface area (Å²) in [4.78, 5) is 89.0. The highest BCUT2D eigenvalue weighted by molar-refractivity contribution is 6.27. The summed E-state index contributed by atoms with van der Waals surface area (Å²) in [5.74, 6) is -3.17. The summed E-state index contributed by atoms with van der Waals surface area (Å²) in [6.07, 6.45) is 2.75. The Labute approximate surface area is 246 Å². The molecule has 2 aliphatic carbocycles. The molecule has 2 bridgehead atoms. The monoisotopic (exact) mass is 587 g/mol. The second-order valence-corrected chi connectivity index (χ2v) is 11.1. The molecule has 0 saturated carbocycles. The van der Waals surface area contributed by atoms with E-state index in [4.69, 9.17) is 14.2 Å². The van der Waals surface area contributed by atoms with Gasteiger partial charge in [-0.25, -0.2) is 4.79 Å². The largest absolute Gasteiger partial charge is 0.492 e. The SMILES string of the molecule is COC1=C(C)C(=O)C2=C(C1=O)[C@@H]1[C@@H]3CC4=C(C(=O)C(OC)=C(C)C4=O)[C@H](COC(=O)c4cccnc4)N3C(=O)[C@H](C2)N1C. The lowest BCUT2D eigenvalue weighted by Crippen LogP contribution is -2.73. The third kappa shape index (κ3) is 3.96. The van der Waals surface area contributed by atoms with Gasteiger partial charge in [0.15, 0.2) is 23.1 Å². The number of rotatable bonds is 5. The number of ether oxygens (including phenoxy) is 3. The number of allylic oxidation sites excluding steroid dienone is 4. The van der Waals surface area contributed by atoms with Crippen LogP contribution in [0.3, 0.4) is 0 Å². The van der Waals surface area contributed by atoms with E-state index in [0.29, 0.717) is 0 Å². The number of Topliss-reactive ketones (excluding diaryl/α,β-unsaturated/α-hetero) is 4. The summed E-state index contributed by atoms with van der Waals surface area (Å²) in [5, 5.41) is 0. The van der Waals surface area contributed by atoms with Crippen LogP contribution in [0.1, 0.15) is 37.0 Å². The average molecular weight is 588 g/mol. The Morgan fingerprint density at radius 3 is 2.09 bits per heavy atom. The van der Waals surface area contributed by atoms with Crippen molar-refractivity contribution in [2.75, 3.05) is 27.9 Å². The fourth-order valence-electron chi connectivity index (χ4n) is 7.10. The number of ketones is 4. The highest BCUT2D eigenvalue weighted by atomic mass is 16.5. The van der Waals surface area contributed by atoms with Gasteiger partial charge in [0, 0.05) is 52.3 Å². The maximum absolute atomic E-state index is 14.3. The third-order valence-electron chi connectivity index (χ3n) is 9.11. The number of hydrogen-bond donors (Lipinski definition) is 0. The molecule has 4 atom stereocenters. The van der Waals surface area contributed by atoms with E-state index in [1.165, 1.54) is 51.4 Å². The highest BCUT2D eigenvalue weighted by Crippen LogP contribution is 2.47. The van der Waals surface area contributed by atoms with E-state index in [0.717, 1.165) is 0 Å². The number of methoxy groups -OCH3 is 2. The molecule has 6 rings (SSSR count). The molecule has 1 aromatic heterocycles. The Bertz CT molecular complexity index is 1670. The van der Waals surface area contributed by atoms with Crippen molar-refractivity contribution in [3.8, 4) is 0 Å². The fourth-order valence-corrected chi connectivity index (χ4v) is 7.10. The zero-order chi connectivity index (χ0) is 30.9. The summed E-state index contributed by atoms with van der Waals surface area (Å²) < 4.78 is 16.3. The molecule has 1 aromatic rings. The highest BCUT2D eigenvalue weighted by Gasteiger charge is 2.59. The van der Waals surface area contributed by atoms with Gasteiger partial charge in [-0.1, -0.05) is 0 Å². The van der Waals surface area contributed by atoms with Crippen molar-refractivity contribution in [2.24, 2.45) is 0 Å². The number of pyridine rings is 1. The van der Waals surface area contributed by atoms with Crippen LogP contribution in [-0.2, 0) is 38.2 Å². The maximum atomic E-state index is 14.3. The Hall–Kier alpha value is -4.71. The van der Waals surface area contributed by atoms with E-state index < -0.39 is 60.0 Å². The third-order valence-corrected chi connectivity index (χ3v) is 9.11. The molecule has 5 aliphatic rings. The van der Waals surface area contributed by atoms with Crippen LogP contribution in [0.25, 0.3) is 0 Å². The van der Waals surface area contributed by atoms with Crippen molar-refractivity contribution in [2.45, 2.75) is 50.9 Å². The standard InChI is InChI=1S/C31H29N3O9/c1-13-24(35)16-9-18-23-22-17(25(36)14(2)29(42-5)27(22)38)10-19(33(23)3)30(39)34(18)20(21(16)26(37)28(13)41-4)12-43-31(40)15-7-6-8-32-11-15/h6-8,11,18-20,23H,9-10,12H2,1-5H3/t18-,19-,20-,23-/m0/s1. The van der Waals surface area contributed by atoms with E-state index in [2.05, 4.69) is 4.98 Å². The zero-order valence-electron chi connectivity index (χ0n) is 24.3. The van der Waals surface area contributed by atoms with Crippen molar-refractivity contribution in [3.63, 3.8) is 0 Å². The van der Waals surface area contributed by atoms with Crippen molar-refractivity contribution in [3.05, 3.63) is 75.0 Å². The van der Waals surface area contributed by atoms with Gasteiger partial charge in [0.1, 0.15) is 6.61 Å². The fraction of sp³-hybridized carbons (Fsp3) is 0.387. The number of piperazine rings is 1. The zero-order valence-corrected chi connectivity index (χ0v) is 24.3. The smallest absolute Gasteiger partial charge is 0.339 e. The summed E-state index contributed by atoms with van der Waals surface area (Å²) >= 11 is 0. The van der Waals surface area contributed by atoms with Crippen LogP contribution < -0.4 is 0 Å². The van der Waals surface area contributed by atoms with Gasteiger partial charge < -0.3 is 19.1 Å². The molecule has 43 heavy (non-hydrogen) atoms. The molecule has 1 fully saturated rings. The minimum atomic E-state index is -1.15. The summed E-state index contributed by atoms with van der Waals surface area (Å²) in [6.45, 7) is 2.57.